The summed E-state index contributed by atoms with van der Waals surface area (Å²) < 4.78 is 26.6. The summed E-state index contributed by atoms with van der Waals surface area (Å²) in [5.74, 6) is -1.23. The Bertz CT molecular complexity index is 793. The van der Waals surface area contributed by atoms with E-state index in [-0.39, 0.29) is 9.77 Å². The molecule has 5 nitrogen and oxygen atoms in total. The number of hydrogen-bond donors (Lipinski definition) is 1. The molecule has 0 amide bonds. The van der Waals surface area contributed by atoms with E-state index >= 15 is 0 Å². The zero-order chi connectivity index (χ0) is 15.8. The van der Waals surface area contributed by atoms with Gasteiger partial charge in [-0.25, -0.2) is 13.2 Å². The highest BCUT2D eigenvalue weighted by Gasteiger charge is 2.30. The summed E-state index contributed by atoms with van der Waals surface area (Å²) in [4.78, 5) is 10.9. The van der Waals surface area contributed by atoms with Gasteiger partial charge in [-0.1, -0.05) is 12.1 Å². The summed E-state index contributed by atoms with van der Waals surface area (Å²) in [5, 5.41) is 10.7. The Kier molecular flexibility index (Phi) is 4.06. The summed E-state index contributed by atoms with van der Waals surface area (Å²) in [6.45, 7) is 3.46. The van der Waals surface area contributed by atoms with Crippen LogP contribution in [0.25, 0.3) is 0 Å². The van der Waals surface area contributed by atoms with Gasteiger partial charge in [0.2, 0.25) is 0 Å². The summed E-state index contributed by atoms with van der Waals surface area (Å²) >= 11 is 0.922. The van der Waals surface area contributed by atoms with Crippen LogP contribution in [0, 0.1) is 13.8 Å². The molecule has 0 saturated carbocycles. The fourth-order valence-electron chi connectivity index (χ4n) is 2.00. The minimum Gasteiger partial charge on any atom is -0.477 e. The molecule has 112 valence electrons. The van der Waals surface area contributed by atoms with Crippen molar-refractivity contribution in [3.8, 4) is 0 Å². The van der Waals surface area contributed by atoms with Crippen LogP contribution in [0.5, 0.6) is 0 Å². The van der Waals surface area contributed by atoms with Crippen molar-refractivity contribution >= 4 is 33.0 Å². The predicted octanol–water partition coefficient (Wildman–Crippen LogP) is 2.89. The first-order valence-electron chi connectivity index (χ1n) is 6.12. The van der Waals surface area contributed by atoms with E-state index in [0.717, 1.165) is 21.2 Å². The normalized spacial score (nSPS) is 11.4. The van der Waals surface area contributed by atoms with Crippen LogP contribution >= 0.6 is 11.3 Å². The lowest BCUT2D eigenvalue weighted by Crippen LogP contribution is -2.28. The van der Waals surface area contributed by atoms with Gasteiger partial charge in [-0.2, -0.15) is 0 Å². The number of aryl methyl sites for hydroxylation is 2. The van der Waals surface area contributed by atoms with Crippen LogP contribution in [-0.2, 0) is 10.0 Å². The number of carboxylic acids is 1. The van der Waals surface area contributed by atoms with Gasteiger partial charge in [0.15, 0.2) is 0 Å². The number of sulfonamides is 1. The second-order valence-electron chi connectivity index (χ2n) is 4.69. The smallest absolute Gasteiger partial charge is 0.347 e. The van der Waals surface area contributed by atoms with Crippen molar-refractivity contribution in [2.45, 2.75) is 18.7 Å². The van der Waals surface area contributed by atoms with E-state index in [1.54, 1.807) is 30.5 Å². The van der Waals surface area contributed by atoms with Gasteiger partial charge < -0.3 is 5.11 Å². The van der Waals surface area contributed by atoms with Crippen LogP contribution in [0.2, 0.25) is 0 Å². The van der Waals surface area contributed by atoms with Crippen molar-refractivity contribution < 1.29 is 18.3 Å². The lowest BCUT2D eigenvalue weighted by Gasteiger charge is -2.20. The van der Waals surface area contributed by atoms with Crippen molar-refractivity contribution in [3.05, 3.63) is 45.6 Å². The average molecular weight is 325 g/mol. The van der Waals surface area contributed by atoms with Gasteiger partial charge in [-0.05, 0) is 42.5 Å². The Morgan fingerprint density at radius 2 is 1.95 bits per heavy atom. The number of rotatable bonds is 4. The largest absolute Gasteiger partial charge is 0.477 e. The summed E-state index contributed by atoms with van der Waals surface area (Å²) in [6, 6.07) is 7.03. The molecule has 0 fully saturated rings. The average Bonchev–Trinajstić information content (AvgIpc) is 2.80. The molecule has 0 aliphatic heterocycles. The van der Waals surface area contributed by atoms with E-state index in [0.29, 0.717) is 11.3 Å². The van der Waals surface area contributed by atoms with Gasteiger partial charge in [0, 0.05) is 7.05 Å². The molecule has 21 heavy (non-hydrogen) atoms. The summed E-state index contributed by atoms with van der Waals surface area (Å²) in [5.41, 5.74) is 1.86. The Morgan fingerprint density at radius 3 is 2.52 bits per heavy atom. The van der Waals surface area contributed by atoms with Crippen molar-refractivity contribution in [1.29, 1.82) is 0 Å². The fraction of sp³-hybridized carbons (Fsp3) is 0.214. The monoisotopic (exact) mass is 325 g/mol. The maximum atomic E-state index is 12.7. The van der Waals surface area contributed by atoms with Gasteiger partial charge in [0.1, 0.15) is 9.77 Å². The second kappa shape index (κ2) is 5.50. The molecule has 0 bridgehead atoms. The lowest BCUT2D eigenvalue weighted by molar-refractivity contribution is 0.0698. The number of hydrogen-bond acceptors (Lipinski definition) is 4. The fourth-order valence-corrected chi connectivity index (χ4v) is 4.77. The van der Waals surface area contributed by atoms with Crippen molar-refractivity contribution in [2.75, 3.05) is 11.4 Å². The SMILES string of the molecule is Cc1cccc(N(C)S(=O)(=O)c2c(C)csc2C(=O)O)c1. The highest BCUT2D eigenvalue weighted by atomic mass is 32.2. The molecule has 0 atom stereocenters. The van der Waals surface area contributed by atoms with Crippen LogP contribution in [0.3, 0.4) is 0 Å². The predicted molar refractivity (Wildman–Crippen MR) is 82.8 cm³/mol. The molecule has 0 radical (unpaired) electrons. The molecule has 1 aromatic carbocycles. The molecule has 1 heterocycles. The number of benzene rings is 1. The van der Waals surface area contributed by atoms with E-state index in [2.05, 4.69) is 0 Å². The van der Waals surface area contributed by atoms with Crippen molar-refractivity contribution in [3.63, 3.8) is 0 Å². The molecule has 0 aliphatic rings. The first-order chi connectivity index (χ1) is 9.75. The third-order valence-corrected chi connectivity index (χ3v) is 6.28. The number of carbonyl (C=O) groups is 1. The number of thiophene rings is 1. The van der Waals surface area contributed by atoms with Crippen LogP contribution in [0.4, 0.5) is 5.69 Å². The van der Waals surface area contributed by atoms with Crippen LogP contribution < -0.4 is 4.31 Å². The van der Waals surface area contributed by atoms with E-state index in [4.69, 9.17) is 5.11 Å². The highest BCUT2D eigenvalue weighted by molar-refractivity contribution is 7.93. The van der Waals surface area contributed by atoms with Crippen molar-refractivity contribution in [1.82, 2.24) is 0 Å². The zero-order valence-electron chi connectivity index (χ0n) is 11.8. The highest BCUT2D eigenvalue weighted by Crippen LogP contribution is 2.31. The zero-order valence-corrected chi connectivity index (χ0v) is 13.5. The maximum absolute atomic E-state index is 12.7. The van der Waals surface area contributed by atoms with Gasteiger partial charge in [-0.3, -0.25) is 4.31 Å². The number of aromatic carboxylic acids is 1. The molecule has 0 unspecified atom stereocenters. The van der Waals surface area contributed by atoms with Gasteiger partial charge in [0.05, 0.1) is 5.69 Å². The molecule has 7 heteroatoms. The molecule has 2 aromatic rings. The number of nitrogens with zero attached hydrogens (tertiary/aromatic N) is 1. The number of anilines is 1. The molecule has 1 aromatic heterocycles. The maximum Gasteiger partial charge on any atom is 0.347 e. The minimum atomic E-state index is -3.91. The Labute approximate surface area is 127 Å². The quantitative estimate of drug-likeness (QED) is 0.938. The van der Waals surface area contributed by atoms with Gasteiger partial charge in [0.25, 0.3) is 10.0 Å². The van der Waals surface area contributed by atoms with Gasteiger partial charge in [-0.15, -0.1) is 11.3 Å². The molecule has 2 rings (SSSR count). The topological polar surface area (TPSA) is 74.7 Å². The Balaban J connectivity index is 2.57. The minimum absolute atomic E-state index is 0.135. The summed E-state index contributed by atoms with van der Waals surface area (Å²) in [7, 11) is -2.49. The Morgan fingerprint density at radius 1 is 1.29 bits per heavy atom. The van der Waals surface area contributed by atoms with Crippen LogP contribution in [0.1, 0.15) is 20.8 Å². The first-order valence-corrected chi connectivity index (χ1v) is 8.44. The lowest BCUT2D eigenvalue weighted by atomic mass is 10.2. The molecule has 0 aliphatic carbocycles. The van der Waals surface area contributed by atoms with E-state index in [9.17, 15) is 13.2 Å². The Hall–Kier alpha value is -1.86. The second-order valence-corrected chi connectivity index (χ2v) is 7.48. The standard InChI is InChI=1S/C14H15NO4S2/c1-9-5-4-6-11(7-9)15(3)21(18,19)13-10(2)8-20-12(13)14(16)17/h4-8H,1-3H3,(H,16,17). The van der Waals surface area contributed by atoms with E-state index in [1.807, 2.05) is 13.0 Å². The molecule has 0 saturated heterocycles. The molecule has 0 spiro atoms. The molecule has 1 N–H and O–H groups in total. The van der Waals surface area contributed by atoms with E-state index < -0.39 is 16.0 Å². The third kappa shape index (κ3) is 2.79. The molecular weight excluding hydrogens is 310 g/mol. The molecular formula is C14H15NO4S2. The van der Waals surface area contributed by atoms with Gasteiger partial charge >= 0.3 is 5.97 Å². The number of carboxylic acid groups (broad SMARTS) is 1. The van der Waals surface area contributed by atoms with Crippen LogP contribution in [-0.4, -0.2) is 26.5 Å². The van der Waals surface area contributed by atoms with E-state index in [1.165, 1.54) is 7.05 Å². The first kappa shape index (κ1) is 15.5. The third-order valence-electron chi connectivity index (χ3n) is 3.10. The summed E-state index contributed by atoms with van der Waals surface area (Å²) in [6.07, 6.45) is 0. The van der Waals surface area contributed by atoms with Crippen LogP contribution in [0.15, 0.2) is 34.5 Å². The van der Waals surface area contributed by atoms with Crippen molar-refractivity contribution in [2.24, 2.45) is 0 Å².